The summed E-state index contributed by atoms with van der Waals surface area (Å²) in [6.07, 6.45) is 3.07. The van der Waals surface area contributed by atoms with Gasteiger partial charge < -0.3 is 25.2 Å². The molecule has 4 amide bonds. The Balaban J connectivity index is 1.37. The number of carbonyl (C=O) groups is 4. The molecule has 0 radical (unpaired) electrons. The van der Waals surface area contributed by atoms with Crippen molar-refractivity contribution >= 4 is 23.6 Å². The number of ether oxygens (including phenoxy) is 1. The Labute approximate surface area is 263 Å². The average molecular weight is 615 g/mol. The maximum absolute atomic E-state index is 13.8. The molecule has 1 aliphatic heterocycles. The highest BCUT2D eigenvalue weighted by atomic mass is 16.5. The lowest BCUT2D eigenvalue weighted by Crippen LogP contribution is -2.47. The van der Waals surface area contributed by atoms with Gasteiger partial charge >= 0.3 is 0 Å². The van der Waals surface area contributed by atoms with Gasteiger partial charge in [0.1, 0.15) is 0 Å². The van der Waals surface area contributed by atoms with Crippen LogP contribution in [-0.4, -0.2) is 95.7 Å². The quantitative estimate of drug-likeness (QED) is 0.455. The minimum absolute atomic E-state index is 0.0825. The summed E-state index contributed by atoms with van der Waals surface area (Å²) in [7, 11) is 3.39. The van der Waals surface area contributed by atoms with Crippen molar-refractivity contribution in [3.05, 3.63) is 77.1 Å². The van der Waals surface area contributed by atoms with Crippen LogP contribution in [0.1, 0.15) is 57.8 Å². The van der Waals surface area contributed by atoms with Crippen LogP contribution in [0.4, 0.5) is 0 Å². The van der Waals surface area contributed by atoms with Crippen molar-refractivity contribution < 1.29 is 23.9 Å². The summed E-state index contributed by atoms with van der Waals surface area (Å²) in [5.41, 5.74) is 4.72. The molecule has 1 aromatic heterocycles. The second kappa shape index (κ2) is 15.0. The molecular formula is C34H42N6O5. The lowest BCUT2D eigenvalue weighted by molar-refractivity contribution is -0.137. The fraction of sp³-hybridized carbons (Fsp3) is 0.441. The number of fused-ring (bicyclic) bond motifs is 1. The lowest BCUT2D eigenvalue weighted by Gasteiger charge is -2.27. The van der Waals surface area contributed by atoms with Crippen molar-refractivity contribution in [3.63, 3.8) is 0 Å². The number of methoxy groups -OCH3 is 1. The van der Waals surface area contributed by atoms with Gasteiger partial charge in [0.05, 0.1) is 13.2 Å². The molecule has 2 aromatic carbocycles. The summed E-state index contributed by atoms with van der Waals surface area (Å²) in [5, 5.41) is 10.6. The van der Waals surface area contributed by atoms with E-state index in [1.54, 1.807) is 22.8 Å². The number of hydrogen-bond donors (Lipinski definition) is 2. The van der Waals surface area contributed by atoms with Gasteiger partial charge in [-0.1, -0.05) is 42.5 Å². The topological polar surface area (TPSA) is 126 Å². The molecule has 11 heteroatoms. The normalized spacial score (nSPS) is 18.5. The second-order valence-corrected chi connectivity index (χ2v) is 11.7. The van der Waals surface area contributed by atoms with E-state index < -0.39 is 0 Å². The Morgan fingerprint density at radius 2 is 1.78 bits per heavy atom. The summed E-state index contributed by atoms with van der Waals surface area (Å²) in [5.74, 6) is -0.806. The first-order valence-corrected chi connectivity index (χ1v) is 15.7. The average Bonchev–Trinajstić information content (AvgIpc) is 3.39. The second-order valence-electron chi connectivity index (χ2n) is 11.7. The van der Waals surface area contributed by atoms with Crippen molar-refractivity contribution in [2.45, 2.75) is 44.6 Å². The molecule has 1 unspecified atom stereocenters. The van der Waals surface area contributed by atoms with Crippen LogP contribution in [0.2, 0.25) is 0 Å². The van der Waals surface area contributed by atoms with E-state index in [1.807, 2.05) is 55.6 Å². The first-order valence-electron chi connectivity index (χ1n) is 15.7. The van der Waals surface area contributed by atoms with Crippen molar-refractivity contribution in [1.29, 1.82) is 0 Å². The highest BCUT2D eigenvalue weighted by Crippen LogP contribution is 2.25. The Morgan fingerprint density at radius 1 is 1.00 bits per heavy atom. The van der Waals surface area contributed by atoms with E-state index in [4.69, 9.17) is 4.74 Å². The molecular weight excluding hydrogens is 572 g/mol. The van der Waals surface area contributed by atoms with Crippen LogP contribution in [0.3, 0.4) is 0 Å². The van der Waals surface area contributed by atoms with Crippen LogP contribution in [0.5, 0.6) is 0 Å². The zero-order valence-electron chi connectivity index (χ0n) is 26.1. The number of aromatic nitrogens is 2. The van der Waals surface area contributed by atoms with Crippen LogP contribution in [0.15, 0.2) is 54.6 Å². The summed E-state index contributed by atoms with van der Waals surface area (Å²) in [4.78, 5) is 56.7. The fourth-order valence-electron chi connectivity index (χ4n) is 6.13. The van der Waals surface area contributed by atoms with Crippen LogP contribution in [-0.2, 0) is 34.2 Å². The maximum Gasteiger partial charge on any atom is 0.272 e. The van der Waals surface area contributed by atoms with Gasteiger partial charge in [-0.05, 0) is 55.4 Å². The largest absolute Gasteiger partial charge is 0.383 e. The van der Waals surface area contributed by atoms with Crippen LogP contribution in [0, 0.1) is 0 Å². The van der Waals surface area contributed by atoms with E-state index in [2.05, 4.69) is 15.7 Å². The standard InChI is InChI=1S/C34H42N6O5/c1-38-29-15-14-27-22-28(29)32(37-38)33(43)35-16-8-18-39(17-7-13-31(42)40(19-20-45-2)23-30(41)36-27)34(44)26-12-6-11-25(21-26)24-9-4-3-5-10-24/h3-6,9-12,21,27H,7-8,13-20,22-23H2,1-2H3,(H,35,43)(H,36,41). The molecule has 238 valence electrons. The van der Waals surface area contributed by atoms with Gasteiger partial charge in [-0.15, -0.1) is 0 Å². The zero-order chi connectivity index (χ0) is 31.8. The van der Waals surface area contributed by atoms with Crippen LogP contribution >= 0.6 is 0 Å². The minimum Gasteiger partial charge on any atom is -0.383 e. The smallest absolute Gasteiger partial charge is 0.272 e. The number of benzene rings is 2. The van der Waals surface area contributed by atoms with E-state index in [1.165, 1.54) is 4.90 Å². The number of nitrogens with zero attached hydrogens (tertiary/aromatic N) is 4. The van der Waals surface area contributed by atoms with Gasteiger partial charge in [-0.25, -0.2) is 0 Å². The highest BCUT2D eigenvalue weighted by Gasteiger charge is 2.30. The van der Waals surface area contributed by atoms with Gasteiger partial charge in [0, 0.05) is 69.6 Å². The van der Waals surface area contributed by atoms with Gasteiger partial charge in [0.25, 0.3) is 11.8 Å². The summed E-state index contributed by atoms with van der Waals surface area (Å²) < 4.78 is 6.96. The molecule has 45 heavy (non-hydrogen) atoms. The third-order valence-corrected chi connectivity index (χ3v) is 8.50. The van der Waals surface area contributed by atoms with E-state index in [-0.39, 0.29) is 42.6 Å². The number of amides is 4. The van der Waals surface area contributed by atoms with E-state index in [9.17, 15) is 19.2 Å². The predicted octanol–water partition coefficient (Wildman–Crippen LogP) is 2.59. The monoisotopic (exact) mass is 614 g/mol. The molecule has 3 aromatic rings. The third kappa shape index (κ3) is 7.96. The van der Waals surface area contributed by atoms with Gasteiger partial charge in [-0.2, -0.15) is 5.10 Å². The molecule has 0 saturated heterocycles. The first kappa shape index (κ1) is 31.9. The van der Waals surface area contributed by atoms with Crippen LogP contribution < -0.4 is 10.6 Å². The molecule has 5 rings (SSSR count). The van der Waals surface area contributed by atoms with Crippen molar-refractivity contribution in [1.82, 2.24) is 30.2 Å². The molecule has 2 heterocycles. The molecule has 0 spiro atoms. The molecule has 1 atom stereocenters. The Bertz CT molecular complexity index is 1520. The number of nitrogens with one attached hydrogen (secondary N) is 2. The molecule has 2 N–H and O–H groups in total. The third-order valence-electron chi connectivity index (χ3n) is 8.50. The fourth-order valence-corrected chi connectivity index (χ4v) is 6.13. The van der Waals surface area contributed by atoms with Crippen molar-refractivity contribution in [2.24, 2.45) is 7.05 Å². The molecule has 1 aliphatic carbocycles. The SMILES string of the molecule is COCCN1CC(=O)NC2CCc3c(c(nn3C)C(=O)NCCCN(C(=O)c3cccc(-c4ccccc4)c3)CCCC1=O)C2. The molecule has 2 aliphatic rings. The molecule has 0 saturated carbocycles. The van der Waals surface area contributed by atoms with E-state index >= 15 is 0 Å². The summed E-state index contributed by atoms with van der Waals surface area (Å²) in [6, 6.07) is 17.3. The number of rotatable bonds is 5. The first-order chi connectivity index (χ1) is 21.8. The van der Waals surface area contributed by atoms with Crippen molar-refractivity contribution in [3.8, 4) is 11.1 Å². The Hall–Kier alpha value is -4.51. The van der Waals surface area contributed by atoms with Gasteiger partial charge in [0.15, 0.2) is 5.69 Å². The number of aryl methyl sites for hydroxylation is 1. The maximum atomic E-state index is 13.8. The minimum atomic E-state index is -0.260. The summed E-state index contributed by atoms with van der Waals surface area (Å²) >= 11 is 0. The Kier molecular flexibility index (Phi) is 10.6. The predicted molar refractivity (Wildman–Crippen MR) is 170 cm³/mol. The van der Waals surface area contributed by atoms with Gasteiger partial charge in [-0.3, -0.25) is 23.9 Å². The number of hydrogen-bond acceptors (Lipinski definition) is 6. The lowest BCUT2D eigenvalue weighted by atomic mass is 9.91. The zero-order valence-corrected chi connectivity index (χ0v) is 26.1. The number of carbonyl (C=O) groups excluding carboxylic acids is 4. The van der Waals surface area contributed by atoms with E-state index in [0.29, 0.717) is 69.7 Å². The van der Waals surface area contributed by atoms with Crippen molar-refractivity contribution in [2.75, 3.05) is 46.4 Å². The van der Waals surface area contributed by atoms with E-state index in [0.717, 1.165) is 28.8 Å². The molecule has 0 fully saturated rings. The Morgan fingerprint density at radius 3 is 2.58 bits per heavy atom. The molecule has 11 nitrogen and oxygen atoms in total. The summed E-state index contributed by atoms with van der Waals surface area (Å²) in [6.45, 7) is 1.64. The van der Waals surface area contributed by atoms with Gasteiger partial charge in [0.2, 0.25) is 11.8 Å². The van der Waals surface area contributed by atoms with Crippen LogP contribution in [0.25, 0.3) is 11.1 Å². The highest BCUT2D eigenvalue weighted by molar-refractivity contribution is 5.96. The molecule has 2 bridgehead atoms.